The average molecular weight is 393 g/mol. The standard InChI is InChI=1S/C21H28N2O3.ClH/c1-26-21(25)19-15-10-17-20-14(13-4-2-3-5-16(13)22-20)8-9-23(17)11-12(15)6-7-18(19)24;/h2-5,12,14-15,17-20,22,24H,6-11H2,1H3;1H/t12-,14?,15-,17-,18-,19+,20?;/m0./s1. The molecule has 4 aliphatic rings. The summed E-state index contributed by atoms with van der Waals surface area (Å²) in [6.07, 6.45) is 3.45. The molecule has 1 saturated carbocycles. The van der Waals surface area contributed by atoms with Crippen LogP contribution in [0.1, 0.15) is 37.2 Å². The number of ether oxygens (including phenoxy) is 1. The van der Waals surface area contributed by atoms with Crippen LogP contribution >= 0.6 is 0 Å². The van der Waals surface area contributed by atoms with Crippen LogP contribution in [0.4, 0.5) is 5.69 Å². The van der Waals surface area contributed by atoms with E-state index in [-0.39, 0.29) is 30.2 Å². The number of aliphatic hydroxyl groups excluding tert-OH is 1. The molecule has 1 aliphatic carbocycles. The quantitative estimate of drug-likeness (QED) is 0.429. The van der Waals surface area contributed by atoms with Crippen LogP contribution in [0.2, 0.25) is 0 Å². The Hall–Kier alpha value is -1.14. The Morgan fingerprint density at radius 1 is 1.26 bits per heavy atom. The van der Waals surface area contributed by atoms with E-state index in [4.69, 9.17) is 4.74 Å². The van der Waals surface area contributed by atoms with Crippen LogP contribution in [0.25, 0.3) is 0 Å². The molecule has 27 heavy (non-hydrogen) atoms. The van der Waals surface area contributed by atoms with Crippen LogP contribution in [0, 0.1) is 17.8 Å². The van der Waals surface area contributed by atoms with Crippen molar-refractivity contribution in [3.05, 3.63) is 29.8 Å². The molecule has 6 heteroatoms. The van der Waals surface area contributed by atoms with Crippen LogP contribution in [-0.4, -0.2) is 54.4 Å². The highest BCUT2D eigenvalue weighted by Gasteiger charge is 2.54. The summed E-state index contributed by atoms with van der Waals surface area (Å²) in [5, 5.41) is 13.0. The van der Waals surface area contributed by atoms with Gasteiger partial charge in [-0.3, -0.25) is 9.69 Å². The highest BCUT2D eigenvalue weighted by Crippen LogP contribution is 2.47. The highest BCUT2D eigenvalue weighted by atomic mass is 35.5. The minimum Gasteiger partial charge on any atom is -1.00 e. The number of fused-ring (bicyclic) bond motifs is 6. The Balaban J connectivity index is 0.00000180. The number of aliphatic hydroxyl groups is 1. The predicted molar refractivity (Wildman–Crippen MR) is 96.9 cm³/mol. The Labute approximate surface area is 166 Å². The average Bonchev–Trinajstić information content (AvgIpc) is 3.05. The van der Waals surface area contributed by atoms with E-state index < -0.39 is 6.10 Å². The maximum atomic E-state index is 12.4. The monoisotopic (exact) mass is 392 g/mol. The zero-order valence-electron chi connectivity index (χ0n) is 15.8. The SMILES string of the molecule is COC(=O)[C@@H]1[C@H]2C[C@H]3C4[NH2+]c5ccccc5C4CCN3C[C@@H]2CC[C@@H]1O.[Cl-]. The second kappa shape index (κ2) is 7.36. The molecule has 0 radical (unpaired) electrons. The smallest absolute Gasteiger partial charge is 0.311 e. The number of hydrogen-bond donors (Lipinski definition) is 2. The molecule has 0 spiro atoms. The third-order valence-corrected chi connectivity index (χ3v) is 7.64. The fourth-order valence-corrected chi connectivity index (χ4v) is 6.48. The first-order valence-corrected chi connectivity index (χ1v) is 10.1. The van der Waals surface area contributed by atoms with Crippen LogP contribution in [0.5, 0.6) is 0 Å². The number of piperidine rings is 2. The van der Waals surface area contributed by atoms with Gasteiger partial charge < -0.3 is 27.6 Å². The molecule has 1 aromatic carbocycles. The third kappa shape index (κ3) is 3.00. The second-order valence-corrected chi connectivity index (χ2v) is 8.68. The molecule has 3 fully saturated rings. The van der Waals surface area contributed by atoms with Crippen molar-refractivity contribution in [2.75, 3.05) is 20.2 Å². The second-order valence-electron chi connectivity index (χ2n) is 8.68. The molecule has 3 heterocycles. The number of methoxy groups -OCH3 is 1. The molecule has 3 N–H and O–H groups in total. The van der Waals surface area contributed by atoms with Crippen LogP contribution in [-0.2, 0) is 9.53 Å². The van der Waals surface area contributed by atoms with Gasteiger partial charge in [-0.25, -0.2) is 0 Å². The largest absolute Gasteiger partial charge is 1.00 e. The molecule has 5 nitrogen and oxygen atoms in total. The normalized spacial score (nSPS) is 40.0. The van der Waals surface area contributed by atoms with Gasteiger partial charge in [0.1, 0.15) is 11.7 Å². The van der Waals surface area contributed by atoms with Gasteiger partial charge in [-0.15, -0.1) is 0 Å². The summed E-state index contributed by atoms with van der Waals surface area (Å²) in [5.74, 6) is 0.827. The molecule has 0 amide bonds. The first-order chi connectivity index (χ1) is 12.7. The minimum atomic E-state index is -0.542. The van der Waals surface area contributed by atoms with Crippen molar-refractivity contribution in [2.45, 2.75) is 49.8 Å². The van der Waals surface area contributed by atoms with E-state index >= 15 is 0 Å². The van der Waals surface area contributed by atoms with Crippen molar-refractivity contribution in [3.63, 3.8) is 0 Å². The van der Waals surface area contributed by atoms with Crippen molar-refractivity contribution in [1.29, 1.82) is 0 Å². The van der Waals surface area contributed by atoms with Crippen LogP contribution < -0.4 is 17.7 Å². The van der Waals surface area contributed by atoms with Crippen molar-refractivity contribution in [1.82, 2.24) is 4.90 Å². The Bertz CT molecular complexity index is 714. The van der Waals surface area contributed by atoms with Gasteiger partial charge >= 0.3 is 5.97 Å². The maximum absolute atomic E-state index is 12.4. The molecular weight excluding hydrogens is 364 g/mol. The number of carbonyl (C=O) groups excluding carboxylic acids is 1. The number of rotatable bonds is 1. The summed E-state index contributed by atoms with van der Waals surface area (Å²) in [7, 11) is 1.45. The summed E-state index contributed by atoms with van der Waals surface area (Å²) < 4.78 is 5.06. The summed E-state index contributed by atoms with van der Waals surface area (Å²) in [6.45, 7) is 2.23. The van der Waals surface area contributed by atoms with Gasteiger partial charge in [0.2, 0.25) is 0 Å². The molecular formula is C21H29ClN2O3. The van der Waals surface area contributed by atoms with Crippen LogP contribution in [0.15, 0.2) is 24.3 Å². The van der Waals surface area contributed by atoms with Gasteiger partial charge in [-0.2, -0.15) is 0 Å². The number of halogens is 1. The lowest BCUT2D eigenvalue weighted by molar-refractivity contribution is -0.613. The molecule has 148 valence electrons. The highest BCUT2D eigenvalue weighted by molar-refractivity contribution is 5.73. The van der Waals surface area contributed by atoms with Gasteiger partial charge in [-0.1, -0.05) is 18.2 Å². The zero-order chi connectivity index (χ0) is 17.8. The zero-order valence-corrected chi connectivity index (χ0v) is 16.5. The first-order valence-electron chi connectivity index (χ1n) is 10.1. The number of esters is 1. The van der Waals surface area contributed by atoms with Gasteiger partial charge in [0.15, 0.2) is 0 Å². The predicted octanol–water partition coefficient (Wildman–Crippen LogP) is -1.99. The first kappa shape index (κ1) is 19.2. The summed E-state index contributed by atoms with van der Waals surface area (Å²) >= 11 is 0. The van der Waals surface area contributed by atoms with Crippen molar-refractivity contribution in [3.8, 4) is 0 Å². The number of para-hydroxylation sites is 1. The molecule has 5 rings (SSSR count). The van der Waals surface area contributed by atoms with E-state index in [2.05, 4.69) is 34.5 Å². The Morgan fingerprint density at radius 2 is 2.07 bits per heavy atom. The Kier molecular flexibility index (Phi) is 5.23. The van der Waals surface area contributed by atoms with Gasteiger partial charge in [0.05, 0.1) is 25.2 Å². The Morgan fingerprint density at radius 3 is 2.89 bits per heavy atom. The number of quaternary nitrogens is 1. The third-order valence-electron chi connectivity index (χ3n) is 7.64. The van der Waals surface area contributed by atoms with E-state index in [1.54, 1.807) is 0 Å². The number of benzene rings is 1. The number of hydrogen-bond acceptors (Lipinski definition) is 4. The summed E-state index contributed by atoms with van der Waals surface area (Å²) in [5.41, 5.74) is 2.91. The summed E-state index contributed by atoms with van der Waals surface area (Å²) in [6, 6.07) is 9.85. The molecule has 2 saturated heterocycles. The number of nitrogens with zero attached hydrogens (tertiary/aromatic N) is 1. The van der Waals surface area contributed by atoms with Crippen molar-refractivity contribution in [2.24, 2.45) is 17.8 Å². The van der Waals surface area contributed by atoms with E-state index in [1.165, 1.54) is 24.8 Å². The van der Waals surface area contributed by atoms with E-state index in [0.29, 0.717) is 23.9 Å². The summed E-state index contributed by atoms with van der Waals surface area (Å²) in [4.78, 5) is 15.1. The van der Waals surface area contributed by atoms with E-state index in [0.717, 1.165) is 32.4 Å². The molecule has 3 aliphatic heterocycles. The lowest BCUT2D eigenvalue weighted by Crippen LogP contribution is -3.00. The van der Waals surface area contributed by atoms with Crippen molar-refractivity contribution >= 4 is 11.7 Å². The molecule has 1 aromatic rings. The lowest BCUT2D eigenvalue weighted by atomic mass is 9.63. The fourth-order valence-electron chi connectivity index (χ4n) is 6.48. The van der Waals surface area contributed by atoms with Gasteiger partial charge in [-0.05, 0) is 50.1 Å². The van der Waals surface area contributed by atoms with Gasteiger partial charge in [0, 0.05) is 18.0 Å². The lowest BCUT2D eigenvalue weighted by Gasteiger charge is -2.52. The topological polar surface area (TPSA) is 66.4 Å². The van der Waals surface area contributed by atoms with Crippen molar-refractivity contribution < 1.29 is 32.4 Å². The number of carbonyl (C=O) groups is 1. The molecule has 0 aromatic heterocycles. The van der Waals surface area contributed by atoms with Crippen LogP contribution in [0.3, 0.4) is 0 Å². The molecule has 2 unspecified atom stereocenters. The van der Waals surface area contributed by atoms with E-state index in [9.17, 15) is 9.90 Å². The minimum absolute atomic E-state index is 0. The maximum Gasteiger partial charge on any atom is 0.311 e. The molecule has 7 atom stereocenters. The molecule has 0 bridgehead atoms. The van der Waals surface area contributed by atoms with Gasteiger partial charge in [0.25, 0.3) is 0 Å². The van der Waals surface area contributed by atoms with E-state index in [1.807, 2.05) is 0 Å². The number of nitrogens with two attached hydrogens (primary N) is 1. The fraction of sp³-hybridized carbons (Fsp3) is 0.667.